The molecular formula is C18H25N3O3. The molecule has 6 heteroatoms. The molecule has 130 valence electrons. The summed E-state index contributed by atoms with van der Waals surface area (Å²) in [7, 11) is 1.70. The van der Waals surface area contributed by atoms with E-state index < -0.39 is 6.09 Å². The van der Waals surface area contributed by atoms with Gasteiger partial charge in [0.2, 0.25) is 0 Å². The maximum Gasteiger partial charge on any atom is 0.407 e. The van der Waals surface area contributed by atoms with Crippen LogP contribution >= 0.6 is 0 Å². The number of hydrogen-bond acceptors (Lipinski definition) is 5. The number of aliphatic imine (C=N–C) groups is 1. The van der Waals surface area contributed by atoms with Crippen LogP contribution in [0.3, 0.4) is 0 Å². The van der Waals surface area contributed by atoms with E-state index in [1.807, 2.05) is 30.3 Å². The monoisotopic (exact) mass is 331 g/mol. The lowest BCUT2D eigenvalue weighted by Gasteiger charge is -2.27. The first kappa shape index (κ1) is 18.0. The Bertz CT molecular complexity index is 584. The molecule has 0 radical (unpaired) electrons. The maximum absolute atomic E-state index is 12.1. The molecule has 3 N–H and O–H groups in total. The molecule has 0 heterocycles. The zero-order chi connectivity index (χ0) is 17.2. The molecule has 1 aromatic carbocycles. The van der Waals surface area contributed by atoms with E-state index in [9.17, 15) is 4.79 Å². The first-order valence-corrected chi connectivity index (χ1v) is 8.21. The number of amides is 1. The summed E-state index contributed by atoms with van der Waals surface area (Å²) in [5.74, 6) is 0. The zero-order valence-electron chi connectivity index (χ0n) is 14.0. The van der Waals surface area contributed by atoms with Gasteiger partial charge in [0, 0.05) is 31.1 Å². The molecule has 1 aromatic rings. The zero-order valence-corrected chi connectivity index (χ0v) is 14.0. The average Bonchev–Trinajstić information content (AvgIpc) is 2.61. The first-order valence-electron chi connectivity index (χ1n) is 8.21. The van der Waals surface area contributed by atoms with Gasteiger partial charge in [-0.05, 0) is 24.8 Å². The fraction of sp³-hybridized carbons (Fsp3) is 0.444. The minimum atomic E-state index is -0.436. The minimum absolute atomic E-state index is 0.0667. The van der Waals surface area contributed by atoms with Gasteiger partial charge >= 0.3 is 6.09 Å². The molecule has 1 aliphatic carbocycles. The molecule has 0 aliphatic heterocycles. The van der Waals surface area contributed by atoms with E-state index >= 15 is 0 Å². The van der Waals surface area contributed by atoms with Crippen molar-refractivity contribution in [2.75, 3.05) is 20.2 Å². The minimum Gasteiger partial charge on any atom is -0.445 e. The van der Waals surface area contributed by atoms with Crippen LogP contribution in [0.5, 0.6) is 0 Å². The largest absolute Gasteiger partial charge is 0.445 e. The third-order valence-electron chi connectivity index (χ3n) is 3.87. The molecule has 0 saturated carbocycles. The highest BCUT2D eigenvalue weighted by Gasteiger charge is 2.24. The fourth-order valence-electron chi connectivity index (χ4n) is 2.75. The molecule has 0 fully saturated rings. The van der Waals surface area contributed by atoms with Gasteiger partial charge in [-0.15, -0.1) is 0 Å². The molecule has 2 rings (SSSR count). The average molecular weight is 331 g/mol. The summed E-state index contributed by atoms with van der Waals surface area (Å²) in [6.07, 6.45) is 4.01. The number of benzene rings is 1. The summed E-state index contributed by atoms with van der Waals surface area (Å²) in [6.45, 7) is 0.800. The number of nitrogens with one attached hydrogen (secondary N) is 2. The predicted octanol–water partition coefficient (Wildman–Crippen LogP) is 2.00. The number of aliphatic hydroxyl groups is 1. The second kappa shape index (κ2) is 9.72. The Morgan fingerprint density at radius 1 is 1.42 bits per heavy atom. The van der Waals surface area contributed by atoms with Crippen molar-refractivity contribution < 1.29 is 14.6 Å². The van der Waals surface area contributed by atoms with Crippen molar-refractivity contribution in [3.8, 4) is 0 Å². The smallest absolute Gasteiger partial charge is 0.407 e. The summed E-state index contributed by atoms with van der Waals surface area (Å²) in [5, 5.41) is 15.1. The number of rotatable bonds is 7. The van der Waals surface area contributed by atoms with Crippen LogP contribution in [-0.2, 0) is 11.3 Å². The number of aliphatic hydroxyl groups excluding tert-OH is 1. The standard InChI is InChI=1S/C18H25N3O3/c1-19-12-15-16(20-10-11-22)8-5-9-17(15)21-18(23)24-13-14-6-3-2-4-7-14/h2-4,6-7,12,17,20,22H,5,8-11,13H2,1H3,(H,21,23)/t17-/m1/s1. The first-order chi connectivity index (χ1) is 11.7. The maximum atomic E-state index is 12.1. The molecule has 0 spiro atoms. The van der Waals surface area contributed by atoms with Gasteiger partial charge in [0.25, 0.3) is 0 Å². The highest BCUT2D eigenvalue weighted by molar-refractivity contribution is 5.83. The van der Waals surface area contributed by atoms with Crippen molar-refractivity contribution in [1.82, 2.24) is 10.6 Å². The van der Waals surface area contributed by atoms with Gasteiger partial charge in [-0.25, -0.2) is 4.79 Å². The summed E-state index contributed by atoms with van der Waals surface area (Å²) < 4.78 is 5.30. The molecule has 0 unspecified atom stereocenters. The number of hydrogen-bond donors (Lipinski definition) is 3. The van der Waals surface area contributed by atoms with Crippen LogP contribution in [0.15, 0.2) is 46.6 Å². The van der Waals surface area contributed by atoms with E-state index in [-0.39, 0.29) is 19.3 Å². The van der Waals surface area contributed by atoms with E-state index in [0.717, 1.165) is 36.1 Å². The predicted molar refractivity (Wildman–Crippen MR) is 93.9 cm³/mol. The highest BCUT2D eigenvalue weighted by Crippen LogP contribution is 2.22. The van der Waals surface area contributed by atoms with Gasteiger partial charge < -0.3 is 20.5 Å². The van der Waals surface area contributed by atoms with Gasteiger partial charge in [0.05, 0.1) is 12.6 Å². The SMILES string of the molecule is CN=CC1=C(NCCO)CCC[C@H]1NC(=O)OCc1ccccc1. The second-order valence-electron chi connectivity index (χ2n) is 5.62. The summed E-state index contributed by atoms with van der Waals surface area (Å²) >= 11 is 0. The number of ether oxygens (including phenoxy) is 1. The van der Waals surface area contributed by atoms with Crippen molar-refractivity contribution >= 4 is 12.3 Å². The summed E-state index contributed by atoms with van der Waals surface area (Å²) in [6, 6.07) is 9.45. The van der Waals surface area contributed by atoms with Crippen molar-refractivity contribution in [2.24, 2.45) is 4.99 Å². The summed E-state index contributed by atoms with van der Waals surface area (Å²) in [4.78, 5) is 16.2. The summed E-state index contributed by atoms with van der Waals surface area (Å²) in [5.41, 5.74) is 2.93. The molecule has 1 amide bonds. The fourth-order valence-corrected chi connectivity index (χ4v) is 2.75. The number of carbonyl (C=O) groups is 1. The number of carbonyl (C=O) groups excluding carboxylic acids is 1. The van der Waals surface area contributed by atoms with E-state index in [1.54, 1.807) is 13.3 Å². The van der Waals surface area contributed by atoms with Gasteiger partial charge in [0.15, 0.2) is 0 Å². The molecule has 1 atom stereocenters. The van der Waals surface area contributed by atoms with Crippen molar-refractivity contribution in [1.29, 1.82) is 0 Å². The number of allylic oxidation sites excluding steroid dienone is 1. The lowest BCUT2D eigenvalue weighted by molar-refractivity contribution is 0.136. The van der Waals surface area contributed by atoms with Crippen LogP contribution in [0.4, 0.5) is 4.79 Å². The Morgan fingerprint density at radius 2 is 2.21 bits per heavy atom. The molecule has 6 nitrogen and oxygen atoms in total. The van der Waals surface area contributed by atoms with Gasteiger partial charge in [-0.3, -0.25) is 4.99 Å². The molecule has 0 aromatic heterocycles. The molecule has 0 bridgehead atoms. The Morgan fingerprint density at radius 3 is 2.92 bits per heavy atom. The third-order valence-corrected chi connectivity index (χ3v) is 3.87. The van der Waals surface area contributed by atoms with Crippen LogP contribution < -0.4 is 10.6 Å². The normalized spacial score (nSPS) is 17.8. The van der Waals surface area contributed by atoms with Crippen LogP contribution in [-0.4, -0.2) is 43.7 Å². The van der Waals surface area contributed by atoms with Crippen LogP contribution in [0.1, 0.15) is 24.8 Å². The Kier molecular flexibility index (Phi) is 7.29. The van der Waals surface area contributed by atoms with E-state index in [1.165, 1.54) is 0 Å². The second-order valence-corrected chi connectivity index (χ2v) is 5.62. The van der Waals surface area contributed by atoms with E-state index in [4.69, 9.17) is 9.84 Å². The Labute approximate surface area is 142 Å². The van der Waals surface area contributed by atoms with Crippen molar-refractivity contribution in [2.45, 2.75) is 31.9 Å². The Hall–Kier alpha value is -2.34. The number of nitrogens with zero attached hydrogens (tertiary/aromatic N) is 1. The van der Waals surface area contributed by atoms with E-state index in [2.05, 4.69) is 15.6 Å². The highest BCUT2D eigenvalue weighted by atomic mass is 16.5. The van der Waals surface area contributed by atoms with Crippen LogP contribution in [0.2, 0.25) is 0 Å². The molecule has 1 aliphatic rings. The Balaban J connectivity index is 1.96. The lowest BCUT2D eigenvalue weighted by Crippen LogP contribution is -2.40. The number of alkyl carbamates (subject to hydrolysis) is 1. The molecule has 24 heavy (non-hydrogen) atoms. The van der Waals surface area contributed by atoms with Crippen molar-refractivity contribution in [3.05, 3.63) is 47.2 Å². The topological polar surface area (TPSA) is 83.0 Å². The third kappa shape index (κ3) is 5.38. The molecule has 0 saturated heterocycles. The van der Waals surface area contributed by atoms with Crippen molar-refractivity contribution in [3.63, 3.8) is 0 Å². The van der Waals surface area contributed by atoms with E-state index in [0.29, 0.717) is 6.54 Å². The lowest BCUT2D eigenvalue weighted by atomic mass is 9.92. The van der Waals surface area contributed by atoms with Gasteiger partial charge in [0.1, 0.15) is 6.61 Å². The van der Waals surface area contributed by atoms with Crippen LogP contribution in [0.25, 0.3) is 0 Å². The quantitative estimate of drug-likeness (QED) is 0.667. The van der Waals surface area contributed by atoms with Gasteiger partial charge in [-0.1, -0.05) is 30.3 Å². The van der Waals surface area contributed by atoms with Gasteiger partial charge in [-0.2, -0.15) is 0 Å². The molecular weight excluding hydrogens is 306 g/mol. The van der Waals surface area contributed by atoms with Crippen LogP contribution in [0, 0.1) is 0 Å².